The topological polar surface area (TPSA) is 153 Å². The molecule has 11 heteroatoms. The maximum Gasteiger partial charge on any atom is 0.330 e. The van der Waals surface area contributed by atoms with E-state index in [9.17, 15) is 24.2 Å². The van der Waals surface area contributed by atoms with Gasteiger partial charge < -0.3 is 14.9 Å². The minimum absolute atomic E-state index is 0.658. The third kappa shape index (κ3) is 2.43. The standard InChI is InChI=1S/C10H12FN5O5/c11-3-10(4-17)7(19)6(14-15-12)8(21-10)16-2-1-5(18)13-9(16)20/h1-2,6-8,17,19H,3-4H2,(H,13,18,20)/t6-,7-,8+,10+/m0/s1. The average molecular weight is 301 g/mol. The molecule has 1 aromatic rings. The summed E-state index contributed by atoms with van der Waals surface area (Å²) in [5.74, 6) is 0. The van der Waals surface area contributed by atoms with Gasteiger partial charge >= 0.3 is 5.69 Å². The van der Waals surface area contributed by atoms with Crippen LogP contribution >= 0.6 is 0 Å². The van der Waals surface area contributed by atoms with Crippen LogP contribution in [-0.4, -0.2) is 50.8 Å². The number of alkyl halides is 1. The van der Waals surface area contributed by atoms with Crippen LogP contribution in [-0.2, 0) is 4.74 Å². The van der Waals surface area contributed by atoms with Crippen molar-refractivity contribution in [3.05, 3.63) is 43.5 Å². The molecule has 0 unspecified atom stereocenters. The maximum absolute atomic E-state index is 13.1. The molecule has 114 valence electrons. The normalized spacial score (nSPS) is 31.9. The first kappa shape index (κ1) is 15.2. The number of ether oxygens (including phenoxy) is 1. The Balaban J connectivity index is 2.53. The summed E-state index contributed by atoms with van der Waals surface area (Å²) in [7, 11) is 0. The SMILES string of the molecule is [N-]=[N+]=N[C@@H]1[C@H](n2ccc(=O)[nH]c2=O)O[C@@](CO)(CF)[C@H]1O. The molecule has 2 rings (SSSR count). The van der Waals surface area contributed by atoms with Gasteiger partial charge in [0.1, 0.15) is 30.6 Å². The number of aliphatic hydroxyl groups is 2. The fourth-order valence-corrected chi connectivity index (χ4v) is 2.16. The Labute approximate surface area is 116 Å². The predicted molar refractivity (Wildman–Crippen MR) is 66.2 cm³/mol. The van der Waals surface area contributed by atoms with Gasteiger partial charge in [-0.25, -0.2) is 9.18 Å². The van der Waals surface area contributed by atoms with E-state index in [1.54, 1.807) is 0 Å². The quantitative estimate of drug-likeness (QED) is 0.362. The number of aromatic nitrogens is 2. The van der Waals surface area contributed by atoms with E-state index in [2.05, 4.69) is 10.0 Å². The van der Waals surface area contributed by atoms with Gasteiger partial charge in [-0.15, -0.1) is 0 Å². The van der Waals surface area contributed by atoms with E-state index in [4.69, 9.17) is 10.3 Å². The van der Waals surface area contributed by atoms with Crippen LogP contribution in [0.5, 0.6) is 0 Å². The zero-order valence-corrected chi connectivity index (χ0v) is 10.6. The van der Waals surface area contributed by atoms with Gasteiger partial charge in [0.25, 0.3) is 5.56 Å². The summed E-state index contributed by atoms with van der Waals surface area (Å²) in [4.78, 5) is 27.2. The Morgan fingerprint density at radius 1 is 1.62 bits per heavy atom. The predicted octanol–water partition coefficient (Wildman–Crippen LogP) is -1.19. The molecule has 1 aliphatic heterocycles. The van der Waals surface area contributed by atoms with Crippen LogP contribution in [0.25, 0.3) is 10.4 Å². The zero-order valence-electron chi connectivity index (χ0n) is 10.6. The Morgan fingerprint density at radius 3 is 2.86 bits per heavy atom. The van der Waals surface area contributed by atoms with Gasteiger partial charge in [0.05, 0.1) is 6.61 Å². The van der Waals surface area contributed by atoms with Crippen LogP contribution < -0.4 is 11.2 Å². The minimum atomic E-state index is -2.00. The summed E-state index contributed by atoms with van der Waals surface area (Å²) < 4.78 is 19.2. The maximum atomic E-state index is 13.1. The molecule has 3 N–H and O–H groups in total. The first-order chi connectivity index (χ1) is 9.99. The second-order valence-electron chi connectivity index (χ2n) is 4.52. The molecule has 1 aliphatic rings. The van der Waals surface area contributed by atoms with E-state index in [0.29, 0.717) is 0 Å². The second-order valence-corrected chi connectivity index (χ2v) is 4.52. The van der Waals surface area contributed by atoms with Crippen LogP contribution in [0.2, 0.25) is 0 Å². The lowest BCUT2D eigenvalue weighted by Gasteiger charge is -2.26. The van der Waals surface area contributed by atoms with E-state index in [-0.39, 0.29) is 0 Å². The van der Waals surface area contributed by atoms with Gasteiger partial charge in [-0.05, 0) is 5.53 Å². The third-order valence-electron chi connectivity index (χ3n) is 3.31. The Hall–Kier alpha value is -2.20. The molecule has 4 atom stereocenters. The highest BCUT2D eigenvalue weighted by Gasteiger charge is 2.55. The number of aliphatic hydroxyl groups excluding tert-OH is 2. The van der Waals surface area contributed by atoms with E-state index in [1.807, 2.05) is 4.98 Å². The lowest BCUT2D eigenvalue weighted by atomic mass is 9.96. The van der Waals surface area contributed by atoms with Crippen LogP contribution in [0.3, 0.4) is 0 Å². The van der Waals surface area contributed by atoms with Crippen LogP contribution in [0.4, 0.5) is 4.39 Å². The van der Waals surface area contributed by atoms with Crippen molar-refractivity contribution in [2.45, 2.75) is 24.0 Å². The van der Waals surface area contributed by atoms with Gasteiger partial charge in [0.15, 0.2) is 0 Å². The number of nitrogens with zero attached hydrogens (tertiary/aromatic N) is 4. The van der Waals surface area contributed by atoms with Crippen molar-refractivity contribution in [3.63, 3.8) is 0 Å². The fourth-order valence-electron chi connectivity index (χ4n) is 2.16. The molecule has 0 saturated carbocycles. The summed E-state index contributed by atoms with van der Waals surface area (Å²) in [6, 6.07) is -0.333. The molecule has 0 aromatic carbocycles. The molecule has 21 heavy (non-hydrogen) atoms. The summed E-state index contributed by atoms with van der Waals surface area (Å²) in [5, 5.41) is 22.6. The molecule has 0 radical (unpaired) electrons. The number of nitrogens with one attached hydrogen (secondary N) is 1. The molecule has 1 saturated heterocycles. The number of hydrogen-bond donors (Lipinski definition) is 3. The van der Waals surface area contributed by atoms with Gasteiger partial charge in [0, 0.05) is 17.2 Å². The van der Waals surface area contributed by atoms with Gasteiger partial charge in [-0.1, -0.05) is 5.11 Å². The van der Waals surface area contributed by atoms with Crippen molar-refractivity contribution < 1.29 is 19.3 Å². The Kier molecular flexibility index (Phi) is 4.09. The number of aromatic amines is 1. The molecular formula is C10H12FN5O5. The molecule has 1 fully saturated rings. The average Bonchev–Trinajstić information content (AvgIpc) is 2.74. The van der Waals surface area contributed by atoms with Gasteiger partial charge in [0.2, 0.25) is 0 Å². The number of azide groups is 1. The number of halogens is 1. The van der Waals surface area contributed by atoms with Crippen molar-refractivity contribution in [3.8, 4) is 0 Å². The first-order valence-electron chi connectivity index (χ1n) is 5.87. The minimum Gasteiger partial charge on any atom is -0.393 e. The lowest BCUT2D eigenvalue weighted by molar-refractivity contribution is -0.138. The Bertz CT molecular complexity index is 677. The fraction of sp³-hybridized carbons (Fsp3) is 0.600. The third-order valence-corrected chi connectivity index (χ3v) is 3.31. The number of H-pyrrole nitrogens is 1. The van der Waals surface area contributed by atoms with E-state index in [0.717, 1.165) is 16.8 Å². The number of hydrogen-bond acceptors (Lipinski definition) is 6. The first-order valence-corrected chi connectivity index (χ1v) is 5.87. The molecular weight excluding hydrogens is 289 g/mol. The summed E-state index contributed by atoms with van der Waals surface area (Å²) in [6.07, 6.45) is -1.96. The zero-order chi connectivity index (χ0) is 15.6. The molecule has 0 spiro atoms. The van der Waals surface area contributed by atoms with Crippen LogP contribution in [0.15, 0.2) is 27.0 Å². The smallest absolute Gasteiger partial charge is 0.330 e. The molecule has 1 aromatic heterocycles. The van der Waals surface area contributed by atoms with Crippen molar-refractivity contribution in [2.24, 2.45) is 5.11 Å². The monoisotopic (exact) mass is 301 g/mol. The van der Waals surface area contributed by atoms with Gasteiger partial charge in [-0.3, -0.25) is 14.3 Å². The summed E-state index contributed by atoms with van der Waals surface area (Å²) >= 11 is 0. The van der Waals surface area contributed by atoms with Crippen LogP contribution in [0.1, 0.15) is 6.23 Å². The molecule has 10 nitrogen and oxygen atoms in total. The molecule has 0 bridgehead atoms. The van der Waals surface area contributed by atoms with E-state index in [1.165, 1.54) is 0 Å². The lowest BCUT2D eigenvalue weighted by Crippen LogP contribution is -2.47. The van der Waals surface area contributed by atoms with E-state index >= 15 is 0 Å². The number of rotatable bonds is 4. The molecule has 0 amide bonds. The van der Waals surface area contributed by atoms with Crippen molar-refractivity contribution in [1.82, 2.24) is 9.55 Å². The van der Waals surface area contributed by atoms with Crippen molar-refractivity contribution >= 4 is 0 Å². The highest BCUT2D eigenvalue weighted by atomic mass is 19.1. The van der Waals surface area contributed by atoms with Crippen molar-refractivity contribution in [2.75, 3.05) is 13.3 Å². The second kappa shape index (κ2) is 5.66. The van der Waals surface area contributed by atoms with Crippen molar-refractivity contribution in [1.29, 1.82) is 0 Å². The Morgan fingerprint density at radius 2 is 2.33 bits per heavy atom. The highest BCUT2D eigenvalue weighted by Crippen LogP contribution is 2.38. The van der Waals surface area contributed by atoms with E-state index < -0.39 is 48.5 Å². The summed E-state index contributed by atoms with van der Waals surface area (Å²) in [6.45, 7) is -2.13. The summed E-state index contributed by atoms with van der Waals surface area (Å²) in [5.41, 5.74) is 4.99. The molecule has 2 heterocycles. The molecule has 0 aliphatic carbocycles. The van der Waals surface area contributed by atoms with Crippen LogP contribution in [0, 0.1) is 0 Å². The van der Waals surface area contributed by atoms with Gasteiger partial charge in [-0.2, -0.15) is 0 Å². The highest BCUT2D eigenvalue weighted by molar-refractivity contribution is 5.05. The largest absolute Gasteiger partial charge is 0.393 e.